The van der Waals surface area contributed by atoms with Crippen LogP contribution in [0.1, 0.15) is 0 Å². The summed E-state index contributed by atoms with van der Waals surface area (Å²) in [6, 6.07) is 13.2. The summed E-state index contributed by atoms with van der Waals surface area (Å²) in [6.45, 7) is 0. The molecule has 0 radical (unpaired) electrons. The number of benzene rings is 2. The molecule has 2 aromatic rings. The molecular formula is C16H12Br2N2O6. The Kier molecular flexibility index (Phi) is 8.46. The van der Waals surface area contributed by atoms with Gasteiger partial charge in [-0.15, -0.1) is 0 Å². The molecule has 0 atom stereocenters. The van der Waals surface area contributed by atoms with Crippen LogP contribution in [0.15, 0.2) is 57.5 Å². The molecule has 4 N–H and O–H groups in total. The summed E-state index contributed by atoms with van der Waals surface area (Å²) in [5, 5.41) is 21.0. The highest BCUT2D eigenvalue weighted by atomic mass is 79.9. The van der Waals surface area contributed by atoms with Gasteiger partial charge in [0.1, 0.15) is 0 Å². The third kappa shape index (κ3) is 7.90. The minimum Gasteiger partial charge on any atom is -0.474 e. The summed E-state index contributed by atoms with van der Waals surface area (Å²) in [4.78, 5) is 41.6. The van der Waals surface area contributed by atoms with Crippen molar-refractivity contribution in [3.8, 4) is 0 Å². The molecule has 0 aliphatic carbocycles. The first-order valence-electron chi connectivity index (χ1n) is 6.78. The zero-order valence-corrected chi connectivity index (χ0v) is 16.1. The van der Waals surface area contributed by atoms with Crippen molar-refractivity contribution in [1.82, 2.24) is 0 Å². The Bertz CT molecular complexity index is 737. The number of carboxylic acids is 2. The van der Waals surface area contributed by atoms with E-state index in [1.54, 1.807) is 48.5 Å². The summed E-state index contributed by atoms with van der Waals surface area (Å²) < 4.78 is 1.72. The molecule has 10 heteroatoms. The molecule has 2 rings (SSSR count). The smallest absolute Gasteiger partial charge is 0.394 e. The van der Waals surface area contributed by atoms with Gasteiger partial charge < -0.3 is 20.8 Å². The molecule has 0 saturated heterocycles. The Morgan fingerprint density at radius 1 is 0.615 bits per heavy atom. The zero-order chi connectivity index (χ0) is 19.7. The van der Waals surface area contributed by atoms with Crippen LogP contribution < -0.4 is 10.6 Å². The second-order valence-corrected chi connectivity index (χ2v) is 6.36. The molecule has 0 heterocycles. The van der Waals surface area contributed by atoms with Gasteiger partial charge in [0, 0.05) is 20.3 Å². The van der Waals surface area contributed by atoms with E-state index in [1.165, 1.54) is 0 Å². The molecule has 0 aliphatic rings. The van der Waals surface area contributed by atoms with E-state index < -0.39 is 23.8 Å². The van der Waals surface area contributed by atoms with Crippen molar-refractivity contribution in [3.63, 3.8) is 0 Å². The van der Waals surface area contributed by atoms with E-state index in [9.17, 15) is 19.2 Å². The second-order valence-electron chi connectivity index (χ2n) is 4.53. The normalized spacial score (nSPS) is 9.31. The van der Waals surface area contributed by atoms with E-state index in [2.05, 4.69) is 42.5 Å². The lowest BCUT2D eigenvalue weighted by Gasteiger charge is -2.00. The van der Waals surface area contributed by atoms with Gasteiger partial charge >= 0.3 is 23.8 Å². The van der Waals surface area contributed by atoms with Crippen molar-refractivity contribution < 1.29 is 29.4 Å². The van der Waals surface area contributed by atoms with Crippen molar-refractivity contribution in [2.45, 2.75) is 0 Å². The number of hydrogen-bond acceptors (Lipinski definition) is 4. The molecule has 0 bridgehead atoms. The number of aliphatic carboxylic acids is 2. The van der Waals surface area contributed by atoms with E-state index in [-0.39, 0.29) is 0 Å². The fourth-order valence-electron chi connectivity index (χ4n) is 1.44. The standard InChI is InChI=1S/2C8H6BrNO3/c2*9-5-1-3-6(4-2-5)10-7(11)8(12)13/h2*1-4H,(H,10,11)(H,12,13). The predicted molar refractivity (Wildman–Crippen MR) is 101 cm³/mol. The fourth-order valence-corrected chi connectivity index (χ4v) is 1.96. The number of anilines is 2. The Morgan fingerprint density at radius 2 is 0.885 bits per heavy atom. The molecule has 2 amide bonds. The van der Waals surface area contributed by atoms with E-state index in [0.717, 1.165) is 8.95 Å². The van der Waals surface area contributed by atoms with Gasteiger partial charge in [0.25, 0.3) is 0 Å². The maximum atomic E-state index is 10.7. The van der Waals surface area contributed by atoms with Gasteiger partial charge in [0.15, 0.2) is 0 Å². The summed E-state index contributed by atoms with van der Waals surface area (Å²) in [6.07, 6.45) is 0. The highest BCUT2D eigenvalue weighted by Gasteiger charge is 2.10. The third-order valence-corrected chi connectivity index (χ3v) is 3.65. The minimum atomic E-state index is -1.50. The Morgan fingerprint density at radius 3 is 1.12 bits per heavy atom. The molecule has 0 aromatic heterocycles. The van der Waals surface area contributed by atoms with Crippen LogP contribution in [-0.2, 0) is 19.2 Å². The number of carbonyl (C=O) groups is 4. The number of hydrogen-bond donors (Lipinski definition) is 4. The second kappa shape index (κ2) is 10.3. The maximum Gasteiger partial charge on any atom is 0.394 e. The van der Waals surface area contributed by atoms with Gasteiger partial charge in [0.2, 0.25) is 0 Å². The van der Waals surface area contributed by atoms with Gasteiger partial charge in [-0.1, -0.05) is 31.9 Å². The van der Waals surface area contributed by atoms with Gasteiger partial charge in [-0.2, -0.15) is 0 Å². The number of amides is 2. The van der Waals surface area contributed by atoms with Crippen molar-refractivity contribution >= 4 is 67.0 Å². The first kappa shape index (κ1) is 21.3. The Labute approximate surface area is 164 Å². The van der Waals surface area contributed by atoms with Gasteiger partial charge in [-0.3, -0.25) is 9.59 Å². The summed E-state index contributed by atoms with van der Waals surface area (Å²) in [7, 11) is 0. The monoisotopic (exact) mass is 486 g/mol. The average molecular weight is 488 g/mol. The first-order chi connectivity index (χ1) is 12.2. The van der Waals surface area contributed by atoms with Gasteiger partial charge in [-0.25, -0.2) is 9.59 Å². The SMILES string of the molecule is O=C(O)C(=O)Nc1ccc(Br)cc1.O=C(O)C(=O)Nc1ccc(Br)cc1. The average Bonchev–Trinajstić information content (AvgIpc) is 2.59. The van der Waals surface area contributed by atoms with Crippen molar-refractivity contribution in [1.29, 1.82) is 0 Å². The summed E-state index contributed by atoms with van der Waals surface area (Å²) >= 11 is 6.42. The number of carbonyl (C=O) groups excluding carboxylic acids is 2. The summed E-state index contributed by atoms with van der Waals surface area (Å²) in [5.41, 5.74) is 0.909. The van der Waals surface area contributed by atoms with Gasteiger partial charge in [0.05, 0.1) is 0 Å². The van der Waals surface area contributed by atoms with E-state index in [1.807, 2.05) is 0 Å². The predicted octanol–water partition coefficient (Wildman–Crippen LogP) is 2.94. The Hall–Kier alpha value is -2.72. The quantitative estimate of drug-likeness (QED) is 0.481. The molecule has 136 valence electrons. The largest absolute Gasteiger partial charge is 0.474 e. The van der Waals surface area contributed by atoms with E-state index in [4.69, 9.17) is 10.2 Å². The molecule has 2 aromatic carbocycles. The highest BCUT2D eigenvalue weighted by Crippen LogP contribution is 2.14. The van der Waals surface area contributed by atoms with Crippen LogP contribution in [0, 0.1) is 0 Å². The van der Waals surface area contributed by atoms with Crippen LogP contribution in [0.2, 0.25) is 0 Å². The van der Waals surface area contributed by atoms with Crippen LogP contribution in [0.25, 0.3) is 0 Å². The number of halogens is 2. The fraction of sp³-hybridized carbons (Fsp3) is 0. The zero-order valence-electron chi connectivity index (χ0n) is 12.9. The maximum absolute atomic E-state index is 10.7. The van der Waals surface area contributed by atoms with E-state index >= 15 is 0 Å². The van der Waals surface area contributed by atoms with Gasteiger partial charge in [-0.05, 0) is 48.5 Å². The molecule has 0 unspecified atom stereocenters. The van der Waals surface area contributed by atoms with Crippen molar-refractivity contribution in [2.24, 2.45) is 0 Å². The lowest BCUT2D eigenvalue weighted by atomic mass is 10.3. The number of nitrogens with one attached hydrogen (secondary N) is 2. The Balaban J connectivity index is 0.000000260. The van der Waals surface area contributed by atoms with Crippen molar-refractivity contribution in [2.75, 3.05) is 10.6 Å². The van der Waals surface area contributed by atoms with E-state index in [0.29, 0.717) is 11.4 Å². The van der Waals surface area contributed by atoms with Crippen LogP contribution in [0.5, 0.6) is 0 Å². The van der Waals surface area contributed by atoms with Crippen LogP contribution >= 0.6 is 31.9 Å². The molecule has 8 nitrogen and oxygen atoms in total. The number of rotatable bonds is 2. The molecule has 26 heavy (non-hydrogen) atoms. The van der Waals surface area contributed by atoms with Crippen LogP contribution in [-0.4, -0.2) is 34.0 Å². The molecule has 0 saturated carbocycles. The molecule has 0 fully saturated rings. The third-order valence-electron chi connectivity index (χ3n) is 2.59. The van der Waals surface area contributed by atoms with Crippen LogP contribution in [0.4, 0.5) is 11.4 Å². The summed E-state index contributed by atoms with van der Waals surface area (Å²) in [5.74, 6) is -5.07. The minimum absolute atomic E-state index is 0.454. The van der Waals surface area contributed by atoms with Crippen molar-refractivity contribution in [3.05, 3.63) is 57.5 Å². The van der Waals surface area contributed by atoms with Crippen LogP contribution in [0.3, 0.4) is 0 Å². The molecule has 0 aliphatic heterocycles. The molecule has 0 spiro atoms. The lowest BCUT2D eigenvalue weighted by molar-refractivity contribution is -0.147. The molecular weight excluding hydrogens is 476 g/mol. The topological polar surface area (TPSA) is 133 Å². The number of carboxylic acid groups (broad SMARTS) is 2. The first-order valence-corrected chi connectivity index (χ1v) is 8.37. The lowest BCUT2D eigenvalue weighted by Crippen LogP contribution is -2.21. The highest BCUT2D eigenvalue weighted by molar-refractivity contribution is 9.10.